The van der Waals surface area contributed by atoms with Crippen LogP contribution in [0.3, 0.4) is 0 Å². The first-order valence-electron chi connectivity index (χ1n) is 5.24. The van der Waals surface area contributed by atoms with E-state index in [9.17, 15) is 0 Å². The van der Waals surface area contributed by atoms with Crippen molar-refractivity contribution in [1.29, 1.82) is 5.26 Å². The maximum atomic E-state index is 9.14. The molecule has 0 radical (unpaired) electrons. The molecule has 0 aliphatic rings. The third-order valence-corrected chi connectivity index (χ3v) is 2.56. The molecule has 0 aliphatic carbocycles. The molecule has 0 saturated carbocycles. The Bertz CT molecular complexity index is 438. The van der Waals surface area contributed by atoms with Crippen molar-refractivity contribution in [2.24, 2.45) is 0 Å². The van der Waals surface area contributed by atoms with Crippen molar-refractivity contribution in [3.63, 3.8) is 0 Å². The van der Waals surface area contributed by atoms with Gasteiger partial charge in [0.25, 0.3) is 0 Å². The molecule has 2 heteroatoms. The van der Waals surface area contributed by atoms with Crippen LogP contribution in [0.1, 0.15) is 28.3 Å². The summed E-state index contributed by atoms with van der Waals surface area (Å²) in [5.41, 5.74) is 4.53. The lowest BCUT2D eigenvalue weighted by Crippen LogP contribution is -2.21. The van der Waals surface area contributed by atoms with Crippen LogP contribution >= 0.6 is 0 Å². The average molecular weight is 212 g/mol. The van der Waals surface area contributed by atoms with Crippen molar-refractivity contribution >= 4 is 0 Å². The van der Waals surface area contributed by atoms with E-state index < -0.39 is 0 Å². The van der Waals surface area contributed by atoms with Crippen LogP contribution in [0.5, 0.6) is 0 Å². The van der Waals surface area contributed by atoms with Gasteiger partial charge in [-0.3, -0.25) is 5.32 Å². The molecule has 1 atom stereocenters. The Morgan fingerprint density at radius 3 is 2.31 bits per heavy atom. The van der Waals surface area contributed by atoms with Crippen LogP contribution < -0.4 is 5.32 Å². The van der Waals surface area contributed by atoms with Gasteiger partial charge < -0.3 is 0 Å². The van der Waals surface area contributed by atoms with Gasteiger partial charge in [-0.05, 0) is 37.5 Å². The summed E-state index contributed by atoms with van der Waals surface area (Å²) in [5, 5.41) is 12.2. The molecule has 0 heterocycles. The summed E-state index contributed by atoms with van der Waals surface area (Å²) in [4.78, 5) is 0. The smallest absolute Gasteiger partial charge is 0.122 e. The fourth-order valence-corrected chi connectivity index (χ4v) is 2.02. The minimum absolute atomic E-state index is 0.323. The number of rotatable bonds is 3. The third kappa shape index (κ3) is 2.63. The topological polar surface area (TPSA) is 35.8 Å². The summed E-state index contributed by atoms with van der Waals surface area (Å²) in [5.74, 6) is 2.49. The fourth-order valence-electron chi connectivity index (χ4n) is 2.02. The van der Waals surface area contributed by atoms with Gasteiger partial charge in [-0.15, -0.1) is 6.42 Å². The van der Waals surface area contributed by atoms with Gasteiger partial charge in [-0.1, -0.05) is 23.6 Å². The summed E-state index contributed by atoms with van der Waals surface area (Å²) in [7, 11) is 0. The highest BCUT2D eigenvalue weighted by atomic mass is 14.9. The van der Waals surface area contributed by atoms with Crippen LogP contribution in [0.4, 0.5) is 0 Å². The van der Waals surface area contributed by atoms with Gasteiger partial charge in [-0.2, -0.15) is 5.26 Å². The molecule has 1 unspecified atom stereocenters. The summed E-state index contributed by atoms with van der Waals surface area (Å²) in [6.45, 7) is 6.51. The number of benzene rings is 1. The minimum atomic E-state index is -0.323. The van der Waals surface area contributed by atoms with E-state index in [0.29, 0.717) is 6.54 Å². The maximum absolute atomic E-state index is 9.14. The van der Waals surface area contributed by atoms with Gasteiger partial charge >= 0.3 is 0 Å². The molecule has 0 aliphatic heterocycles. The Balaban J connectivity index is 3.12. The number of nitriles is 1. The molecule has 1 aromatic carbocycles. The SMILES string of the molecule is C#CCNC(C#N)c1c(C)cc(C)cc1C. The normalized spacial score (nSPS) is 11.6. The Labute approximate surface area is 97.3 Å². The Hall–Kier alpha value is -1.77. The van der Waals surface area contributed by atoms with E-state index in [-0.39, 0.29) is 6.04 Å². The molecule has 2 nitrogen and oxygen atoms in total. The Morgan fingerprint density at radius 1 is 1.31 bits per heavy atom. The number of nitrogens with one attached hydrogen (secondary N) is 1. The number of nitrogens with zero attached hydrogens (tertiary/aromatic N) is 1. The first-order chi connectivity index (χ1) is 7.60. The van der Waals surface area contributed by atoms with E-state index in [1.807, 2.05) is 13.8 Å². The van der Waals surface area contributed by atoms with Crippen molar-refractivity contribution in [3.05, 3.63) is 34.4 Å². The van der Waals surface area contributed by atoms with Gasteiger partial charge in [-0.25, -0.2) is 0 Å². The second kappa shape index (κ2) is 5.35. The first kappa shape index (κ1) is 12.3. The Morgan fingerprint density at radius 2 is 1.88 bits per heavy atom. The van der Waals surface area contributed by atoms with Gasteiger partial charge in [0.2, 0.25) is 0 Å². The fraction of sp³-hybridized carbons (Fsp3) is 0.357. The molecule has 0 spiro atoms. The summed E-state index contributed by atoms with van der Waals surface area (Å²) < 4.78 is 0. The number of terminal acetylenes is 1. The standard InChI is InChI=1S/C14H16N2/c1-5-6-16-13(9-15)14-11(3)7-10(2)8-12(14)4/h1,7-8,13,16H,6H2,2-4H3. The quantitative estimate of drug-likeness (QED) is 0.781. The maximum Gasteiger partial charge on any atom is 0.122 e. The van der Waals surface area contributed by atoms with Crippen molar-refractivity contribution in [2.45, 2.75) is 26.8 Å². The minimum Gasteiger partial charge on any atom is -0.287 e. The van der Waals surface area contributed by atoms with Gasteiger partial charge in [0, 0.05) is 0 Å². The predicted octanol–water partition coefficient (Wildman–Crippen LogP) is 2.40. The molecule has 16 heavy (non-hydrogen) atoms. The molecular formula is C14H16N2. The van der Waals surface area contributed by atoms with Crippen LogP contribution in [-0.2, 0) is 0 Å². The Kier molecular flexibility index (Phi) is 4.11. The molecular weight excluding hydrogens is 196 g/mol. The highest BCUT2D eigenvalue weighted by Gasteiger charge is 2.14. The van der Waals surface area contributed by atoms with E-state index in [0.717, 1.165) is 16.7 Å². The highest BCUT2D eigenvalue weighted by molar-refractivity contribution is 5.41. The average Bonchev–Trinajstić information content (AvgIpc) is 2.21. The lowest BCUT2D eigenvalue weighted by atomic mass is 9.94. The number of hydrogen-bond donors (Lipinski definition) is 1. The molecule has 0 fully saturated rings. The number of hydrogen-bond acceptors (Lipinski definition) is 2. The summed E-state index contributed by atoms with van der Waals surface area (Å²) in [6, 6.07) is 6.10. The van der Waals surface area contributed by atoms with Crippen LogP contribution in [0, 0.1) is 44.4 Å². The van der Waals surface area contributed by atoms with Crippen LogP contribution in [0.15, 0.2) is 12.1 Å². The predicted molar refractivity (Wildman–Crippen MR) is 65.8 cm³/mol. The first-order valence-corrected chi connectivity index (χ1v) is 5.24. The zero-order chi connectivity index (χ0) is 12.1. The van der Waals surface area contributed by atoms with E-state index in [2.05, 4.69) is 36.4 Å². The van der Waals surface area contributed by atoms with E-state index >= 15 is 0 Å². The summed E-state index contributed by atoms with van der Waals surface area (Å²) in [6.07, 6.45) is 5.19. The van der Waals surface area contributed by atoms with Crippen molar-refractivity contribution in [2.75, 3.05) is 6.54 Å². The van der Waals surface area contributed by atoms with Gasteiger partial charge in [0.1, 0.15) is 6.04 Å². The largest absolute Gasteiger partial charge is 0.287 e. The lowest BCUT2D eigenvalue weighted by Gasteiger charge is -2.16. The van der Waals surface area contributed by atoms with Crippen LogP contribution in [0.25, 0.3) is 0 Å². The van der Waals surface area contributed by atoms with E-state index in [1.54, 1.807) is 0 Å². The van der Waals surface area contributed by atoms with Crippen LogP contribution in [0.2, 0.25) is 0 Å². The second-order valence-corrected chi connectivity index (χ2v) is 3.96. The lowest BCUT2D eigenvalue weighted by molar-refractivity contribution is 0.683. The molecule has 0 aromatic heterocycles. The molecule has 82 valence electrons. The molecule has 1 aromatic rings. The van der Waals surface area contributed by atoms with Crippen molar-refractivity contribution in [3.8, 4) is 18.4 Å². The zero-order valence-corrected chi connectivity index (χ0v) is 9.96. The van der Waals surface area contributed by atoms with Gasteiger partial charge in [0.15, 0.2) is 0 Å². The number of aryl methyl sites for hydroxylation is 3. The monoisotopic (exact) mass is 212 g/mol. The molecule has 1 N–H and O–H groups in total. The molecule has 1 rings (SSSR count). The van der Waals surface area contributed by atoms with E-state index in [1.165, 1.54) is 5.56 Å². The third-order valence-electron chi connectivity index (χ3n) is 2.56. The second-order valence-electron chi connectivity index (χ2n) is 3.96. The van der Waals surface area contributed by atoms with Gasteiger partial charge in [0.05, 0.1) is 12.6 Å². The molecule has 0 bridgehead atoms. The van der Waals surface area contributed by atoms with Crippen molar-refractivity contribution < 1.29 is 0 Å². The molecule has 0 amide bonds. The van der Waals surface area contributed by atoms with Crippen LogP contribution in [-0.4, -0.2) is 6.54 Å². The highest BCUT2D eigenvalue weighted by Crippen LogP contribution is 2.22. The molecule has 0 saturated heterocycles. The zero-order valence-electron chi connectivity index (χ0n) is 9.96. The summed E-state index contributed by atoms with van der Waals surface area (Å²) >= 11 is 0. The van der Waals surface area contributed by atoms with Crippen molar-refractivity contribution in [1.82, 2.24) is 5.32 Å². The van der Waals surface area contributed by atoms with E-state index in [4.69, 9.17) is 11.7 Å².